The van der Waals surface area contributed by atoms with Gasteiger partial charge in [0.05, 0.1) is 12.1 Å². The Morgan fingerprint density at radius 1 is 1.58 bits per heavy atom. The van der Waals surface area contributed by atoms with Crippen molar-refractivity contribution < 1.29 is 14.3 Å². The fourth-order valence-corrected chi connectivity index (χ4v) is 2.78. The number of nitrogens with zero attached hydrogens (tertiary/aromatic N) is 1. The lowest BCUT2D eigenvalue weighted by Crippen LogP contribution is -2.49. The van der Waals surface area contributed by atoms with Gasteiger partial charge in [0.1, 0.15) is 5.76 Å². The molecule has 1 fully saturated rings. The number of furan rings is 1. The van der Waals surface area contributed by atoms with Crippen LogP contribution in [0.3, 0.4) is 0 Å². The maximum absolute atomic E-state index is 12.6. The Labute approximate surface area is 114 Å². The minimum atomic E-state index is -0.495. The van der Waals surface area contributed by atoms with Gasteiger partial charge in [0, 0.05) is 18.5 Å². The Balaban J connectivity index is 2.23. The second-order valence-electron chi connectivity index (χ2n) is 5.38. The number of aryl methyl sites for hydroxylation is 2. The monoisotopic (exact) mass is 265 g/mol. The third-order valence-corrected chi connectivity index (χ3v) is 3.88. The first-order valence-corrected chi connectivity index (χ1v) is 7.13. The van der Waals surface area contributed by atoms with Crippen molar-refractivity contribution in [3.63, 3.8) is 0 Å². The highest BCUT2D eigenvalue weighted by Gasteiger charge is 2.32. The van der Waals surface area contributed by atoms with Crippen LogP contribution < -0.4 is 0 Å². The van der Waals surface area contributed by atoms with E-state index in [4.69, 9.17) is 4.42 Å². The number of amides is 1. The number of rotatable bonds is 3. The smallest absolute Gasteiger partial charge is 0.290 e. The minimum Gasteiger partial charge on any atom is -0.456 e. The highest BCUT2D eigenvalue weighted by Crippen LogP contribution is 2.24. The number of hydrogen-bond acceptors (Lipinski definition) is 3. The summed E-state index contributed by atoms with van der Waals surface area (Å²) in [6.07, 6.45) is 3.22. The molecule has 0 aliphatic carbocycles. The molecule has 1 aromatic rings. The number of aliphatic hydroxyl groups excluding tert-OH is 1. The van der Waals surface area contributed by atoms with Crippen LogP contribution in [0.25, 0.3) is 0 Å². The van der Waals surface area contributed by atoms with Crippen LogP contribution in [0.5, 0.6) is 0 Å². The van der Waals surface area contributed by atoms with E-state index in [1.807, 2.05) is 19.9 Å². The molecule has 2 heterocycles. The highest BCUT2D eigenvalue weighted by molar-refractivity contribution is 5.93. The quantitative estimate of drug-likeness (QED) is 0.913. The van der Waals surface area contributed by atoms with Gasteiger partial charge in [0.25, 0.3) is 5.91 Å². The van der Waals surface area contributed by atoms with Crippen LogP contribution in [0.4, 0.5) is 0 Å². The molecule has 1 aromatic heterocycles. The van der Waals surface area contributed by atoms with Crippen LogP contribution >= 0.6 is 0 Å². The van der Waals surface area contributed by atoms with E-state index in [1.165, 1.54) is 0 Å². The summed E-state index contributed by atoms with van der Waals surface area (Å²) >= 11 is 0. The standard InChI is InChI=1S/C15H23NO3/c1-4-12-9-10(2)14(19-12)15(18)16-8-6-5-7-13(16)11(3)17/h9,11,13,17H,4-8H2,1-3H3. The van der Waals surface area contributed by atoms with Crippen LogP contribution in [0.15, 0.2) is 10.5 Å². The molecule has 0 saturated carbocycles. The first-order valence-electron chi connectivity index (χ1n) is 7.13. The third-order valence-electron chi connectivity index (χ3n) is 3.88. The molecular formula is C15H23NO3. The normalized spacial score (nSPS) is 21.5. The molecule has 0 spiro atoms. The fraction of sp³-hybridized carbons (Fsp3) is 0.667. The van der Waals surface area contributed by atoms with Gasteiger partial charge >= 0.3 is 0 Å². The molecule has 1 aliphatic heterocycles. The molecule has 1 N–H and O–H groups in total. The molecule has 2 unspecified atom stereocenters. The first kappa shape index (κ1) is 14.1. The maximum Gasteiger partial charge on any atom is 0.290 e. The Morgan fingerprint density at radius 3 is 2.89 bits per heavy atom. The summed E-state index contributed by atoms with van der Waals surface area (Å²) in [5.74, 6) is 1.19. The molecule has 2 rings (SSSR count). The largest absolute Gasteiger partial charge is 0.456 e. The van der Waals surface area contributed by atoms with Gasteiger partial charge < -0.3 is 14.4 Å². The number of hydrogen-bond donors (Lipinski definition) is 1. The molecule has 1 amide bonds. The zero-order chi connectivity index (χ0) is 14.0. The molecule has 4 nitrogen and oxygen atoms in total. The van der Waals surface area contributed by atoms with Gasteiger partial charge in [-0.2, -0.15) is 0 Å². The number of carbonyl (C=O) groups is 1. The molecule has 0 aromatic carbocycles. The average molecular weight is 265 g/mol. The predicted octanol–water partition coefficient (Wildman–Crippen LogP) is 2.53. The van der Waals surface area contributed by atoms with E-state index >= 15 is 0 Å². The summed E-state index contributed by atoms with van der Waals surface area (Å²) in [6.45, 7) is 6.36. The zero-order valence-corrected chi connectivity index (χ0v) is 12.0. The Hall–Kier alpha value is -1.29. The summed E-state index contributed by atoms with van der Waals surface area (Å²) in [7, 11) is 0. The Bertz CT molecular complexity index is 450. The second kappa shape index (κ2) is 5.78. The van der Waals surface area contributed by atoms with Crippen molar-refractivity contribution in [2.45, 2.75) is 58.6 Å². The molecule has 106 valence electrons. The van der Waals surface area contributed by atoms with Gasteiger partial charge in [0.2, 0.25) is 0 Å². The van der Waals surface area contributed by atoms with Crippen molar-refractivity contribution in [2.24, 2.45) is 0 Å². The number of aliphatic hydroxyl groups is 1. The summed E-state index contributed by atoms with van der Waals surface area (Å²) < 4.78 is 5.63. The predicted molar refractivity (Wildman–Crippen MR) is 73.2 cm³/mol. The van der Waals surface area contributed by atoms with E-state index in [2.05, 4.69) is 0 Å². The van der Waals surface area contributed by atoms with Crippen LogP contribution in [-0.2, 0) is 6.42 Å². The Morgan fingerprint density at radius 2 is 2.32 bits per heavy atom. The van der Waals surface area contributed by atoms with Crippen molar-refractivity contribution in [3.05, 3.63) is 23.2 Å². The summed E-state index contributed by atoms with van der Waals surface area (Å²) in [6, 6.07) is 1.84. The lowest BCUT2D eigenvalue weighted by atomic mass is 9.97. The number of likely N-dealkylation sites (tertiary alicyclic amines) is 1. The lowest BCUT2D eigenvalue weighted by Gasteiger charge is -2.37. The maximum atomic E-state index is 12.6. The molecule has 19 heavy (non-hydrogen) atoms. The van der Waals surface area contributed by atoms with Gasteiger partial charge in [0.15, 0.2) is 5.76 Å². The van der Waals surface area contributed by atoms with Gasteiger partial charge in [-0.15, -0.1) is 0 Å². The molecule has 2 atom stereocenters. The van der Waals surface area contributed by atoms with Crippen molar-refractivity contribution in [3.8, 4) is 0 Å². The van der Waals surface area contributed by atoms with E-state index in [1.54, 1.807) is 11.8 Å². The summed E-state index contributed by atoms with van der Waals surface area (Å²) in [5, 5.41) is 9.84. The lowest BCUT2D eigenvalue weighted by molar-refractivity contribution is 0.0256. The zero-order valence-electron chi connectivity index (χ0n) is 12.0. The molecule has 0 radical (unpaired) electrons. The molecular weight excluding hydrogens is 242 g/mol. The van der Waals surface area contributed by atoms with Gasteiger partial charge in [-0.05, 0) is 39.2 Å². The Kier molecular flexibility index (Phi) is 4.30. The van der Waals surface area contributed by atoms with E-state index in [9.17, 15) is 9.90 Å². The van der Waals surface area contributed by atoms with Crippen molar-refractivity contribution in [1.29, 1.82) is 0 Å². The number of piperidine rings is 1. The average Bonchev–Trinajstić information content (AvgIpc) is 2.79. The molecule has 4 heteroatoms. The topological polar surface area (TPSA) is 53.7 Å². The minimum absolute atomic E-state index is 0.0807. The van der Waals surface area contributed by atoms with E-state index in [0.717, 1.165) is 37.0 Å². The van der Waals surface area contributed by atoms with Gasteiger partial charge in [-0.1, -0.05) is 6.92 Å². The number of carbonyl (C=O) groups excluding carboxylic acids is 1. The fourth-order valence-electron chi connectivity index (χ4n) is 2.78. The van der Waals surface area contributed by atoms with Gasteiger partial charge in [-0.3, -0.25) is 4.79 Å². The molecule has 0 bridgehead atoms. The van der Waals surface area contributed by atoms with Crippen LogP contribution in [0.1, 0.15) is 55.0 Å². The SMILES string of the molecule is CCc1cc(C)c(C(=O)N2CCCCC2C(C)O)o1. The van der Waals surface area contributed by atoms with Crippen molar-refractivity contribution in [1.82, 2.24) is 4.90 Å². The van der Waals surface area contributed by atoms with Crippen molar-refractivity contribution >= 4 is 5.91 Å². The highest BCUT2D eigenvalue weighted by atomic mass is 16.4. The van der Waals surface area contributed by atoms with Crippen molar-refractivity contribution in [2.75, 3.05) is 6.54 Å². The van der Waals surface area contributed by atoms with E-state index < -0.39 is 6.10 Å². The molecule has 1 aliphatic rings. The third kappa shape index (κ3) is 2.84. The molecule has 1 saturated heterocycles. The van der Waals surface area contributed by atoms with E-state index in [0.29, 0.717) is 12.3 Å². The van der Waals surface area contributed by atoms with Crippen LogP contribution in [-0.4, -0.2) is 34.6 Å². The van der Waals surface area contributed by atoms with Crippen LogP contribution in [0.2, 0.25) is 0 Å². The summed E-state index contributed by atoms with van der Waals surface area (Å²) in [5.41, 5.74) is 0.886. The van der Waals surface area contributed by atoms with Crippen LogP contribution in [0, 0.1) is 6.92 Å². The van der Waals surface area contributed by atoms with E-state index in [-0.39, 0.29) is 11.9 Å². The first-order chi connectivity index (χ1) is 9.04. The summed E-state index contributed by atoms with van der Waals surface area (Å²) in [4.78, 5) is 14.4. The second-order valence-corrected chi connectivity index (χ2v) is 5.38. The van der Waals surface area contributed by atoms with Gasteiger partial charge in [-0.25, -0.2) is 0 Å².